The van der Waals surface area contributed by atoms with Crippen molar-refractivity contribution < 1.29 is 9.18 Å². The molecule has 1 fully saturated rings. The predicted molar refractivity (Wildman–Crippen MR) is 107 cm³/mol. The van der Waals surface area contributed by atoms with E-state index in [1.54, 1.807) is 24.1 Å². The molecular formula is C22H28FN3O. The van der Waals surface area contributed by atoms with Gasteiger partial charge in [0.2, 0.25) is 0 Å². The van der Waals surface area contributed by atoms with Gasteiger partial charge in [-0.25, -0.2) is 9.18 Å². The number of hydrogen-bond donors (Lipinski definition) is 1. The Labute approximate surface area is 161 Å². The smallest absolute Gasteiger partial charge is 0.317 e. The van der Waals surface area contributed by atoms with Crippen LogP contribution in [0.4, 0.5) is 14.9 Å². The Kier molecular flexibility index (Phi) is 6.69. The number of urea groups is 1. The monoisotopic (exact) mass is 369 g/mol. The first-order valence-corrected chi connectivity index (χ1v) is 9.70. The van der Waals surface area contributed by atoms with Crippen LogP contribution in [0.1, 0.15) is 30.4 Å². The van der Waals surface area contributed by atoms with Crippen molar-refractivity contribution >= 4 is 11.7 Å². The van der Waals surface area contributed by atoms with Gasteiger partial charge in [-0.1, -0.05) is 36.4 Å². The van der Waals surface area contributed by atoms with E-state index < -0.39 is 0 Å². The minimum absolute atomic E-state index is 0.139. The number of amides is 2. The zero-order chi connectivity index (χ0) is 19.1. The molecule has 0 spiro atoms. The van der Waals surface area contributed by atoms with Crippen molar-refractivity contribution in [2.75, 3.05) is 31.6 Å². The molecule has 0 aromatic heterocycles. The highest BCUT2D eigenvalue weighted by Crippen LogP contribution is 2.25. The second-order valence-corrected chi connectivity index (χ2v) is 7.11. The summed E-state index contributed by atoms with van der Waals surface area (Å²) in [4.78, 5) is 16.5. The molecule has 1 aliphatic rings. The fourth-order valence-electron chi connectivity index (χ4n) is 3.56. The van der Waals surface area contributed by atoms with E-state index in [0.29, 0.717) is 25.1 Å². The largest absolute Gasteiger partial charge is 0.371 e. The van der Waals surface area contributed by atoms with Gasteiger partial charge in [0.05, 0.1) is 0 Å². The van der Waals surface area contributed by atoms with Crippen LogP contribution in [-0.4, -0.2) is 37.6 Å². The summed E-state index contributed by atoms with van der Waals surface area (Å²) in [7, 11) is 1.80. The first-order chi connectivity index (χ1) is 13.1. The Balaban J connectivity index is 1.54. The van der Waals surface area contributed by atoms with Crippen LogP contribution in [0.2, 0.25) is 0 Å². The number of para-hydroxylation sites is 1. The summed E-state index contributed by atoms with van der Waals surface area (Å²) in [5, 5.41) is 2.88. The molecule has 27 heavy (non-hydrogen) atoms. The van der Waals surface area contributed by atoms with Gasteiger partial charge >= 0.3 is 6.03 Å². The number of hydrogen-bond acceptors (Lipinski definition) is 2. The maximum absolute atomic E-state index is 13.7. The molecule has 2 aromatic carbocycles. The van der Waals surface area contributed by atoms with E-state index in [2.05, 4.69) is 28.4 Å². The van der Waals surface area contributed by atoms with E-state index in [9.17, 15) is 9.18 Å². The summed E-state index contributed by atoms with van der Waals surface area (Å²) in [5.74, 6) is -0.226. The summed E-state index contributed by atoms with van der Waals surface area (Å²) in [5.41, 5.74) is 3.00. The molecule has 1 saturated heterocycles. The van der Waals surface area contributed by atoms with E-state index in [0.717, 1.165) is 18.7 Å². The topological polar surface area (TPSA) is 35.6 Å². The lowest BCUT2D eigenvalue weighted by atomic mass is 10.1. The van der Waals surface area contributed by atoms with Crippen LogP contribution in [0, 0.1) is 5.82 Å². The zero-order valence-electron chi connectivity index (χ0n) is 16.0. The van der Waals surface area contributed by atoms with Crippen LogP contribution >= 0.6 is 0 Å². The molecule has 1 aliphatic heterocycles. The number of rotatable bonds is 6. The minimum Gasteiger partial charge on any atom is -0.371 e. The molecular weight excluding hydrogens is 341 g/mol. The molecule has 2 amide bonds. The quantitative estimate of drug-likeness (QED) is 0.828. The number of carbonyl (C=O) groups excluding carboxylic acids is 1. The van der Waals surface area contributed by atoms with Gasteiger partial charge in [-0.3, -0.25) is 0 Å². The van der Waals surface area contributed by atoms with Crippen LogP contribution < -0.4 is 10.2 Å². The molecule has 0 bridgehead atoms. The zero-order valence-corrected chi connectivity index (χ0v) is 16.0. The maximum atomic E-state index is 13.7. The van der Waals surface area contributed by atoms with Crippen LogP contribution in [0.15, 0.2) is 48.5 Å². The standard InChI is InChI=1S/C22H28FN3O/c1-25(22(27)24-14-13-18-9-3-5-11-20(18)23)17-19-10-4-6-12-21(19)26-15-7-2-8-16-26/h3-6,9-12H,2,7-8,13-17H2,1H3,(H,24,27). The van der Waals surface area contributed by atoms with Crippen LogP contribution in [0.5, 0.6) is 0 Å². The van der Waals surface area contributed by atoms with Gasteiger partial charge in [0.25, 0.3) is 0 Å². The highest BCUT2D eigenvalue weighted by Gasteiger charge is 2.16. The molecule has 1 N–H and O–H groups in total. The molecule has 4 nitrogen and oxygen atoms in total. The van der Waals surface area contributed by atoms with Crippen molar-refractivity contribution in [1.82, 2.24) is 10.2 Å². The molecule has 0 aliphatic carbocycles. The van der Waals surface area contributed by atoms with E-state index >= 15 is 0 Å². The van der Waals surface area contributed by atoms with E-state index in [1.165, 1.54) is 31.0 Å². The molecule has 2 aromatic rings. The Morgan fingerprint density at radius 3 is 2.44 bits per heavy atom. The summed E-state index contributed by atoms with van der Waals surface area (Å²) in [6.07, 6.45) is 4.22. The maximum Gasteiger partial charge on any atom is 0.317 e. The molecule has 1 heterocycles. The van der Waals surface area contributed by atoms with Gasteiger partial charge in [0, 0.05) is 38.9 Å². The van der Waals surface area contributed by atoms with Gasteiger partial charge in [0.15, 0.2) is 0 Å². The van der Waals surface area contributed by atoms with Crippen molar-refractivity contribution in [1.29, 1.82) is 0 Å². The normalized spacial score (nSPS) is 14.1. The lowest BCUT2D eigenvalue weighted by Gasteiger charge is -2.31. The SMILES string of the molecule is CN(Cc1ccccc1N1CCCCC1)C(=O)NCCc1ccccc1F. The first-order valence-electron chi connectivity index (χ1n) is 9.70. The Bertz CT molecular complexity index is 759. The summed E-state index contributed by atoms with van der Waals surface area (Å²) >= 11 is 0. The number of nitrogens with one attached hydrogen (secondary N) is 1. The fourth-order valence-corrected chi connectivity index (χ4v) is 3.56. The Morgan fingerprint density at radius 1 is 1.04 bits per heavy atom. The van der Waals surface area contributed by atoms with Crippen LogP contribution in [0.25, 0.3) is 0 Å². The second kappa shape index (κ2) is 9.40. The number of benzene rings is 2. The third kappa shape index (κ3) is 5.22. The van der Waals surface area contributed by atoms with Gasteiger partial charge < -0.3 is 15.1 Å². The molecule has 0 radical (unpaired) electrons. The second-order valence-electron chi connectivity index (χ2n) is 7.11. The van der Waals surface area contributed by atoms with Gasteiger partial charge in [0.1, 0.15) is 5.82 Å². The Hall–Kier alpha value is -2.56. The number of piperidine rings is 1. The fraction of sp³-hybridized carbons (Fsp3) is 0.409. The van der Waals surface area contributed by atoms with Gasteiger partial charge in [-0.2, -0.15) is 0 Å². The molecule has 0 unspecified atom stereocenters. The number of anilines is 1. The van der Waals surface area contributed by atoms with Gasteiger partial charge in [-0.05, 0) is 48.9 Å². The van der Waals surface area contributed by atoms with Crippen molar-refractivity contribution in [3.63, 3.8) is 0 Å². The lowest BCUT2D eigenvalue weighted by molar-refractivity contribution is 0.207. The van der Waals surface area contributed by atoms with Crippen molar-refractivity contribution in [2.24, 2.45) is 0 Å². The van der Waals surface area contributed by atoms with Crippen molar-refractivity contribution in [3.8, 4) is 0 Å². The number of nitrogens with zero attached hydrogens (tertiary/aromatic N) is 2. The highest BCUT2D eigenvalue weighted by atomic mass is 19.1. The van der Waals surface area contributed by atoms with E-state index in [1.807, 2.05) is 12.1 Å². The van der Waals surface area contributed by atoms with Crippen LogP contribution in [-0.2, 0) is 13.0 Å². The van der Waals surface area contributed by atoms with E-state index in [-0.39, 0.29) is 11.8 Å². The summed E-state index contributed by atoms with van der Waals surface area (Å²) in [6.45, 7) is 3.13. The molecule has 0 atom stereocenters. The average Bonchev–Trinajstić information content (AvgIpc) is 2.70. The highest BCUT2D eigenvalue weighted by molar-refractivity contribution is 5.74. The lowest BCUT2D eigenvalue weighted by Crippen LogP contribution is -2.38. The molecule has 3 rings (SSSR count). The summed E-state index contributed by atoms with van der Waals surface area (Å²) in [6, 6.07) is 14.8. The van der Waals surface area contributed by atoms with Crippen molar-refractivity contribution in [3.05, 3.63) is 65.5 Å². The average molecular weight is 369 g/mol. The van der Waals surface area contributed by atoms with Crippen molar-refractivity contribution in [2.45, 2.75) is 32.2 Å². The summed E-state index contributed by atoms with van der Waals surface area (Å²) < 4.78 is 13.7. The number of halogens is 1. The molecule has 0 saturated carbocycles. The Morgan fingerprint density at radius 2 is 1.70 bits per heavy atom. The third-order valence-electron chi connectivity index (χ3n) is 5.07. The minimum atomic E-state index is -0.226. The first kappa shape index (κ1) is 19.2. The predicted octanol–water partition coefficient (Wildman–Crippen LogP) is 4.20. The third-order valence-corrected chi connectivity index (χ3v) is 5.07. The van der Waals surface area contributed by atoms with E-state index in [4.69, 9.17) is 0 Å². The number of carbonyl (C=O) groups is 1. The molecule has 5 heteroatoms. The van der Waals surface area contributed by atoms with Crippen LogP contribution in [0.3, 0.4) is 0 Å². The van der Waals surface area contributed by atoms with Gasteiger partial charge in [-0.15, -0.1) is 0 Å². The molecule has 144 valence electrons.